The van der Waals surface area contributed by atoms with Crippen LogP contribution in [0.2, 0.25) is 0 Å². The average Bonchev–Trinajstić information content (AvgIpc) is 2.08. The molecule has 1 nitrogen and oxygen atoms in total. The monoisotopic (exact) mass is 200 g/mol. The lowest BCUT2D eigenvalue weighted by Gasteiger charge is -2.24. The van der Waals surface area contributed by atoms with Gasteiger partial charge in [0.1, 0.15) is 0 Å². The van der Waals surface area contributed by atoms with Gasteiger partial charge in [-0.15, -0.1) is 0 Å². The number of hydrogen-bond acceptors (Lipinski definition) is 1. The summed E-state index contributed by atoms with van der Waals surface area (Å²) in [5.41, 5.74) is 0. The van der Waals surface area contributed by atoms with Gasteiger partial charge in [-0.25, -0.2) is 0 Å². The molecule has 0 aromatic carbocycles. The largest absolute Gasteiger partial charge is 1.59 e. The zero-order valence-electron chi connectivity index (χ0n) is 8.28. The molecule has 7 radical (unpaired) electrons. The highest BCUT2D eigenvalue weighted by atomic mass is 35.5. The average molecular weight is 201 g/mol. The molecule has 1 rings (SSSR count). The van der Waals surface area contributed by atoms with Crippen molar-refractivity contribution in [1.29, 1.82) is 0 Å². The van der Waals surface area contributed by atoms with Crippen LogP contribution in [0.15, 0.2) is 0 Å². The van der Waals surface area contributed by atoms with Gasteiger partial charge in [-0.3, -0.25) is 0 Å². The van der Waals surface area contributed by atoms with Gasteiger partial charge < -0.3 is 5.32 Å². The standard InChI is InChI=1S/C9H19N.ClH.Mg/c1-8(2)10-9-6-4-3-5-7-9;;/h8-10H,3-7H2,1-2H3;1H;/q;;+3/p-1. The Hall–Kier alpha value is 1.02. The van der Waals surface area contributed by atoms with E-state index in [2.05, 4.69) is 28.2 Å². The Bertz CT molecular complexity index is 92.5. The van der Waals surface area contributed by atoms with Crippen LogP contribution in [0.25, 0.3) is 0 Å². The molecule has 1 fully saturated rings. The van der Waals surface area contributed by atoms with E-state index >= 15 is 0 Å². The first-order valence-corrected chi connectivity index (χ1v) is 6.95. The predicted octanol–water partition coefficient (Wildman–Crippen LogP) is 2.63. The van der Waals surface area contributed by atoms with Crippen LogP contribution >= 0.6 is 9.07 Å². The fraction of sp³-hybridized carbons (Fsp3) is 1.00. The maximum atomic E-state index is 4.67. The summed E-state index contributed by atoms with van der Waals surface area (Å²) < 4.78 is 0. The van der Waals surface area contributed by atoms with E-state index in [0.29, 0.717) is 6.04 Å². The van der Waals surface area contributed by atoms with Gasteiger partial charge >= 0.3 is 29.7 Å². The van der Waals surface area contributed by atoms with Gasteiger partial charge in [0, 0.05) is 12.1 Å². The molecule has 1 saturated carbocycles. The van der Waals surface area contributed by atoms with Gasteiger partial charge in [0.25, 0.3) is 0 Å². The third kappa shape index (κ3) is 6.52. The topological polar surface area (TPSA) is 12.0 Å². The van der Waals surface area contributed by atoms with Gasteiger partial charge in [0.05, 0.1) is 0 Å². The molecule has 0 spiro atoms. The highest BCUT2D eigenvalue weighted by Gasteiger charge is 2.16. The minimum absolute atomic E-state index is 0.670. The highest BCUT2D eigenvalue weighted by Crippen LogP contribution is 2.17. The van der Waals surface area contributed by atoms with E-state index in [1.807, 2.05) is 0 Å². The Labute approximate surface area is 92.8 Å². The van der Waals surface area contributed by atoms with Gasteiger partial charge in [-0.05, 0) is 12.8 Å². The number of rotatable bonds is 2. The fourth-order valence-electron chi connectivity index (χ4n) is 1.74. The summed E-state index contributed by atoms with van der Waals surface area (Å²) in [4.78, 5) is 0. The maximum Gasteiger partial charge on any atom is 1.59 e. The van der Waals surface area contributed by atoms with Crippen LogP contribution in [0.5, 0.6) is 0 Å². The Morgan fingerprint density at radius 3 is 2.08 bits per heavy atom. The van der Waals surface area contributed by atoms with Crippen LogP contribution in [0.4, 0.5) is 0 Å². The highest BCUT2D eigenvalue weighted by molar-refractivity contribution is 6.80. The van der Waals surface area contributed by atoms with Crippen molar-refractivity contribution < 1.29 is 0 Å². The van der Waals surface area contributed by atoms with Crippen molar-refractivity contribution >= 4 is 29.7 Å². The van der Waals surface area contributed by atoms with Crippen molar-refractivity contribution in [3.63, 3.8) is 0 Å². The first-order chi connectivity index (χ1) is 5.79. The Morgan fingerprint density at radius 1 is 1.17 bits per heavy atom. The first kappa shape index (κ1) is 13.0. The fourth-order valence-corrected chi connectivity index (χ4v) is 1.74. The second-order valence-electron chi connectivity index (χ2n) is 3.66. The zero-order valence-corrected chi connectivity index (χ0v) is 10.4. The first-order valence-electron chi connectivity index (χ1n) is 4.82. The van der Waals surface area contributed by atoms with Crippen LogP contribution in [-0.2, 0) is 0 Å². The molecule has 0 saturated heterocycles. The molecule has 12 heavy (non-hydrogen) atoms. The number of halogens is 1. The van der Waals surface area contributed by atoms with Gasteiger partial charge in [0.2, 0.25) is 0 Å². The van der Waals surface area contributed by atoms with Gasteiger partial charge in [-0.2, -0.15) is 0 Å². The van der Waals surface area contributed by atoms with Crippen LogP contribution in [0.1, 0.15) is 46.0 Å². The SMILES string of the molecule is CC(C)NC1CCCCC1.[Mg+2][Cl]. The minimum Gasteiger partial charge on any atom is -0.312 e. The Balaban J connectivity index is 0.000000561. The molecule has 0 unspecified atom stereocenters. The third-order valence-electron chi connectivity index (χ3n) is 2.17. The number of hydrogen-bond donors (Lipinski definition) is 1. The molecule has 3 heteroatoms. The van der Waals surface area contributed by atoms with Crippen LogP contribution < -0.4 is 5.32 Å². The molecule has 0 aromatic heterocycles. The molecule has 0 heterocycles. The van der Waals surface area contributed by atoms with Crippen LogP contribution in [0, 0.1) is 0 Å². The lowest BCUT2D eigenvalue weighted by molar-refractivity contribution is 0.352. The van der Waals surface area contributed by atoms with E-state index in [0.717, 1.165) is 6.04 Å². The maximum absolute atomic E-state index is 4.67. The van der Waals surface area contributed by atoms with Crippen molar-refractivity contribution in [3.8, 4) is 0 Å². The number of nitrogens with one attached hydrogen (secondary N) is 1. The van der Waals surface area contributed by atoms with Crippen LogP contribution in [0.3, 0.4) is 0 Å². The van der Waals surface area contributed by atoms with Crippen molar-refractivity contribution in [2.45, 2.75) is 58.0 Å². The van der Waals surface area contributed by atoms with Crippen LogP contribution in [-0.4, -0.2) is 32.7 Å². The summed E-state index contributed by atoms with van der Waals surface area (Å²) in [7, 11) is 4.67. The Kier molecular flexibility index (Phi) is 9.34. The second kappa shape index (κ2) is 8.61. The molecule has 67 valence electrons. The summed E-state index contributed by atoms with van der Waals surface area (Å²) in [5.74, 6) is 0. The van der Waals surface area contributed by atoms with Gasteiger partial charge in [-0.1, -0.05) is 33.1 Å². The summed E-state index contributed by atoms with van der Waals surface area (Å²) in [6, 6.07) is 1.50. The second-order valence-corrected chi connectivity index (χ2v) is 3.66. The summed E-state index contributed by atoms with van der Waals surface area (Å²) in [6.07, 6.45) is 7.13. The Morgan fingerprint density at radius 2 is 1.67 bits per heavy atom. The molecule has 0 aromatic rings. The van der Waals surface area contributed by atoms with E-state index in [1.54, 1.807) is 0 Å². The molecule has 1 aliphatic rings. The van der Waals surface area contributed by atoms with Crippen molar-refractivity contribution in [2.24, 2.45) is 0 Å². The zero-order chi connectivity index (χ0) is 9.40. The summed E-state index contributed by atoms with van der Waals surface area (Å²) >= 11 is 1.33. The molecule has 0 atom stereocenters. The molecular formula is C9H19ClMgN+2. The van der Waals surface area contributed by atoms with E-state index in [9.17, 15) is 0 Å². The van der Waals surface area contributed by atoms with E-state index in [4.69, 9.17) is 0 Å². The van der Waals surface area contributed by atoms with E-state index in [-0.39, 0.29) is 0 Å². The van der Waals surface area contributed by atoms with Crippen molar-refractivity contribution in [1.82, 2.24) is 5.32 Å². The predicted molar refractivity (Wildman–Crippen MR) is 56.8 cm³/mol. The van der Waals surface area contributed by atoms with Crippen molar-refractivity contribution in [3.05, 3.63) is 0 Å². The molecule has 1 N–H and O–H groups in total. The molecule has 0 amide bonds. The lowest BCUT2D eigenvalue weighted by Crippen LogP contribution is -2.35. The normalized spacial score (nSPS) is 18.8. The summed E-state index contributed by atoms with van der Waals surface area (Å²) in [5, 5.41) is 3.58. The summed E-state index contributed by atoms with van der Waals surface area (Å²) in [6.45, 7) is 4.46. The molecule has 1 aliphatic carbocycles. The van der Waals surface area contributed by atoms with Crippen molar-refractivity contribution in [2.75, 3.05) is 0 Å². The lowest BCUT2D eigenvalue weighted by atomic mass is 9.95. The molecule has 0 bridgehead atoms. The third-order valence-corrected chi connectivity index (χ3v) is 2.17. The smallest absolute Gasteiger partial charge is 0.312 e. The quantitative estimate of drug-likeness (QED) is 0.677. The van der Waals surface area contributed by atoms with E-state index in [1.165, 1.54) is 52.7 Å². The van der Waals surface area contributed by atoms with Gasteiger partial charge in [0.15, 0.2) is 0 Å². The van der Waals surface area contributed by atoms with E-state index < -0.39 is 0 Å². The molecular weight excluding hydrogens is 182 g/mol. The molecule has 0 aliphatic heterocycles. The minimum atomic E-state index is 0.670.